The van der Waals surface area contributed by atoms with Crippen LogP contribution >= 0.6 is 0 Å². The third kappa shape index (κ3) is 2.58. The third-order valence-electron chi connectivity index (χ3n) is 5.50. The molecule has 1 saturated heterocycles. The lowest BCUT2D eigenvalue weighted by Crippen LogP contribution is -2.44. The Hall–Kier alpha value is -3.19. The van der Waals surface area contributed by atoms with Crippen LogP contribution in [0.15, 0.2) is 42.5 Å². The highest BCUT2D eigenvalue weighted by Gasteiger charge is 2.20. The molecule has 4 aromatic rings. The highest BCUT2D eigenvalue weighted by atomic mass is 16.1. The van der Waals surface area contributed by atoms with E-state index in [2.05, 4.69) is 28.2 Å². The molecule has 1 N–H and O–H groups in total. The van der Waals surface area contributed by atoms with E-state index < -0.39 is 0 Å². The van der Waals surface area contributed by atoms with Crippen LogP contribution in [-0.2, 0) is 0 Å². The molecule has 3 aromatic heterocycles. The average Bonchev–Trinajstić information content (AvgIpc) is 3.12. The molecule has 4 heterocycles. The van der Waals surface area contributed by atoms with Gasteiger partial charge in [-0.15, -0.1) is 0 Å². The minimum atomic E-state index is -0.148. The van der Waals surface area contributed by atoms with Gasteiger partial charge in [0.25, 0.3) is 5.91 Å². The predicted molar refractivity (Wildman–Crippen MR) is 111 cm³/mol. The molecule has 1 aliphatic rings. The minimum Gasteiger partial charge on any atom is -0.355 e. The van der Waals surface area contributed by atoms with Crippen molar-refractivity contribution in [1.82, 2.24) is 24.6 Å². The van der Waals surface area contributed by atoms with Gasteiger partial charge in [-0.1, -0.05) is 12.1 Å². The summed E-state index contributed by atoms with van der Waals surface area (Å²) in [6, 6.07) is 13.9. The highest BCUT2D eigenvalue weighted by Crippen LogP contribution is 2.27. The van der Waals surface area contributed by atoms with Gasteiger partial charge in [0, 0.05) is 38.6 Å². The van der Waals surface area contributed by atoms with Crippen molar-refractivity contribution >= 4 is 39.4 Å². The first kappa shape index (κ1) is 16.9. The van der Waals surface area contributed by atoms with Gasteiger partial charge in [0.2, 0.25) is 0 Å². The second-order valence-corrected chi connectivity index (χ2v) is 7.27. The molecule has 0 aliphatic carbocycles. The largest absolute Gasteiger partial charge is 0.355 e. The van der Waals surface area contributed by atoms with E-state index in [-0.39, 0.29) is 5.91 Å². The zero-order valence-corrected chi connectivity index (χ0v) is 16.0. The van der Waals surface area contributed by atoms with Crippen molar-refractivity contribution in [3.8, 4) is 0 Å². The Balaban J connectivity index is 1.79. The lowest BCUT2D eigenvalue weighted by atomic mass is 10.2. The van der Waals surface area contributed by atoms with Crippen LogP contribution in [0, 0.1) is 0 Å². The summed E-state index contributed by atoms with van der Waals surface area (Å²) in [5, 5.41) is 3.65. The van der Waals surface area contributed by atoms with Gasteiger partial charge < -0.3 is 15.1 Å². The molecule has 28 heavy (non-hydrogen) atoms. The van der Waals surface area contributed by atoms with Gasteiger partial charge in [0.1, 0.15) is 11.5 Å². The zero-order chi connectivity index (χ0) is 19.3. The lowest BCUT2D eigenvalue weighted by Gasteiger charge is -2.33. The molecule has 0 unspecified atom stereocenters. The van der Waals surface area contributed by atoms with Crippen molar-refractivity contribution in [2.45, 2.75) is 0 Å². The number of nitrogens with one attached hydrogen (secondary N) is 1. The Morgan fingerprint density at radius 2 is 1.79 bits per heavy atom. The van der Waals surface area contributed by atoms with E-state index >= 15 is 0 Å². The van der Waals surface area contributed by atoms with Gasteiger partial charge in [-0.2, -0.15) is 0 Å². The monoisotopic (exact) mass is 374 g/mol. The van der Waals surface area contributed by atoms with Crippen LogP contribution in [0.25, 0.3) is 27.7 Å². The van der Waals surface area contributed by atoms with Gasteiger partial charge in [-0.3, -0.25) is 9.20 Å². The summed E-state index contributed by atoms with van der Waals surface area (Å²) in [4.78, 5) is 26.9. The normalized spacial score (nSPS) is 15.6. The number of imidazole rings is 1. The van der Waals surface area contributed by atoms with E-state index in [0.29, 0.717) is 11.2 Å². The first-order chi connectivity index (χ1) is 13.7. The first-order valence-electron chi connectivity index (χ1n) is 9.52. The molecule has 142 valence electrons. The maximum atomic E-state index is 12.5. The number of pyridine rings is 2. The number of carbonyl (C=O) groups is 1. The third-order valence-corrected chi connectivity index (χ3v) is 5.50. The summed E-state index contributed by atoms with van der Waals surface area (Å²) in [5.74, 6) is 0.817. The van der Waals surface area contributed by atoms with Crippen molar-refractivity contribution in [1.29, 1.82) is 0 Å². The maximum Gasteiger partial charge on any atom is 0.254 e. The van der Waals surface area contributed by atoms with Crippen molar-refractivity contribution in [2.24, 2.45) is 0 Å². The topological polar surface area (TPSA) is 65.8 Å². The van der Waals surface area contributed by atoms with E-state index in [4.69, 9.17) is 9.97 Å². The maximum absolute atomic E-state index is 12.5. The van der Waals surface area contributed by atoms with Crippen LogP contribution in [0.2, 0.25) is 0 Å². The van der Waals surface area contributed by atoms with Gasteiger partial charge in [-0.25, -0.2) is 9.97 Å². The molecule has 1 aliphatic heterocycles. The Morgan fingerprint density at radius 1 is 1.00 bits per heavy atom. The van der Waals surface area contributed by atoms with Crippen LogP contribution in [0.1, 0.15) is 10.4 Å². The number of para-hydroxylation sites is 2. The standard InChI is InChI=1S/C21H22N6O/c1-22-21(28)15-13-14-7-8-18(26-11-9-25(2)10-12-26)24-19(14)27-17-6-4-3-5-16(17)23-20(15)27/h3-8,13H,9-12H2,1-2H3,(H,22,28). The van der Waals surface area contributed by atoms with Crippen molar-refractivity contribution < 1.29 is 4.79 Å². The summed E-state index contributed by atoms with van der Waals surface area (Å²) in [6.07, 6.45) is 0. The molecule has 7 nitrogen and oxygen atoms in total. The highest BCUT2D eigenvalue weighted by molar-refractivity contribution is 6.05. The fraction of sp³-hybridized carbons (Fsp3) is 0.286. The Kier molecular flexibility index (Phi) is 3.91. The number of benzene rings is 1. The minimum absolute atomic E-state index is 0.148. The van der Waals surface area contributed by atoms with E-state index in [1.807, 2.05) is 40.8 Å². The average molecular weight is 374 g/mol. The van der Waals surface area contributed by atoms with Gasteiger partial charge in [0.05, 0.1) is 16.6 Å². The number of hydrogen-bond acceptors (Lipinski definition) is 5. The van der Waals surface area contributed by atoms with Crippen molar-refractivity contribution in [2.75, 3.05) is 45.2 Å². The van der Waals surface area contributed by atoms with Crippen molar-refractivity contribution in [3.63, 3.8) is 0 Å². The molecule has 5 rings (SSSR count). The smallest absolute Gasteiger partial charge is 0.254 e. The molecule has 0 saturated carbocycles. The van der Waals surface area contributed by atoms with Crippen molar-refractivity contribution in [3.05, 3.63) is 48.0 Å². The first-order valence-corrected chi connectivity index (χ1v) is 9.52. The molecular formula is C21H22N6O. The fourth-order valence-corrected chi connectivity index (χ4v) is 3.90. The number of rotatable bonds is 2. The number of fused-ring (bicyclic) bond motifs is 5. The van der Waals surface area contributed by atoms with Crippen LogP contribution in [-0.4, -0.2) is 65.5 Å². The van der Waals surface area contributed by atoms with E-state index in [1.165, 1.54) is 0 Å². The SMILES string of the molecule is CNC(=O)c1cc2ccc(N3CCN(C)CC3)nc2n2c1nc1ccccc12. The van der Waals surface area contributed by atoms with Gasteiger partial charge >= 0.3 is 0 Å². The summed E-state index contributed by atoms with van der Waals surface area (Å²) in [5.41, 5.74) is 3.83. The summed E-state index contributed by atoms with van der Waals surface area (Å²) in [7, 11) is 3.78. The number of amides is 1. The number of carbonyl (C=O) groups excluding carboxylic acids is 1. The molecule has 1 fully saturated rings. The summed E-state index contributed by atoms with van der Waals surface area (Å²) >= 11 is 0. The number of hydrogen-bond donors (Lipinski definition) is 1. The summed E-state index contributed by atoms with van der Waals surface area (Å²) in [6.45, 7) is 3.97. The summed E-state index contributed by atoms with van der Waals surface area (Å²) < 4.78 is 2.01. The molecule has 0 radical (unpaired) electrons. The van der Waals surface area contributed by atoms with Gasteiger partial charge in [-0.05, 0) is 37.4 Å². The molecule has 1 aromatic carbocycles. The van der Waals surface area contributed by atoms with Crippen LogP contribution < -0.4 is 10.2 Å². The van der Waals surface area contributed by atoms with E-state index in [9.17, 15) is 4.79 Å². The number of likely N-dealkylation sites (N-methyl/N-ethyl adjacent to an activating group) is 1. The zero-order valence-electron chi connectivity index (χ0n) is 16.0. The molecule has 0 spiro atoms. The second kappa shape index (κ2) is 6.45. The van der Waals surface area contributed by atoms with Gasteiger partial charge in [0.15, 0.2) is 5.65 Å². The Morgan fingerprint density at radius 3 is 2.57 bits per heavy atom. The number of anilines is 1. The van der Waals surface area contributed by atoms with Crippen LogP contribution in [0.3, 0.4) is 0 Å². The second-order valence-electron chi connectivity index (χ2n) is 7.27. The molecular weight excluding hydrogens is 352 g/mol. The molecule has 0 atom stereocenters. The Bertz CT molecular complexity index is 1210. The van der Waals surface area contributed by atoms with E-state index in [0.717, 1.165) is 54.1 Å². The fourth-order valence-electron chi connectivity index (χ4n) is 3.90. The Labute approximate surface area is 162 Å². The quantitative estimate of drug-likeness (QED) is 0.582. The number of aromatic nitrogens is 3. The van der Waals surface area contributed by atoms with E-state index in [1.54, 1.807) is 7.05 Å². The number of piperazine rings is 1. The van der Waals surface area contributed by atoms with Crippen LogP contribution in [0.5, 0.6) is 0 Å². The van der Waals surface area contributed by atoms with Crippen LogP contribution in [0.4, 0.5) is 5.82 Å². The number of nitrogens with zero attached hydrogens (tertiary/aromatic N) is 5. The molecule has 1 amide bonds. The lowest BCUT2D eigenvalue weighted by molar-refractivity contribution is 0.0964. The molecule has 7 heteroatoms. The molecule has 0 bridgehead atoms. The predicted octanol–water partition coefficient (Wildman–Crippen LogP) is 2.15.